The highest BCUT2D eigenvalue weighted by molar-refractivity contribution is 5.92. The second kappa shape index (κ2) is 6.87. The topological polar surface area (TPSA) is 55.3 Å². The van der Waals surface area contributed by atoms with Gasteiger partial charge in [-0.3, -0.25) is 9.78 Å². The van der Waals surface area contributed by atoms with Crippen molar-refractivity contribution < 1.29 is 9.53 Å². The Morgan fingerprint density at radius 1 is 1.35 bits per heavy atom. The van der Waals surface area contributed by atoms with Crippen molar-refractivity contribution in [2.75, 3.05) is 13.2 Å². The average Bonchev–Trinajstić information content (AvgIpc) is 3.06. The molecule has 1 aromatic heterocycles. The first-order chi connectivity index (χ1) is 11.1. The summed E-state index contributed by atoms with van der Waals surface area (Å²) in [7, 11) is 0. The van der Waals surface area contributed by atoms with Gasteiger partial charge in [-0.05, 0) is 38.5 Å². The molecule has 5 nitrogen and oxygen atoms in total. The van der Waals surface area contributed by atoms with Crippen LogP contribution in [0.1, 0.15) is 26.0 Å². The first-order valence-electron chi connectivity index (χ1n) is 7.95. The number of carbonyl (C=O) groups excluding carboxylic acids is 1. The zero-order valence-electron chi connectivity index (χ0n) is 13.5. The Hall–Kier alpha value is -2.27. The Kier molecular flexibility index (Phi) is 4.67. The third kappa shape index (κ3) is 3.56. The van der Waals surface area contributed by atoms with E-state index in [-0.39, 0.29) is 18.0 Å². The van der Waals surface area contributed by atoms with E-state index in [0.717, 1.165) is 24.1 Å². The lowest BCUT2D eigenvalue weighted by molar-refractivity contribution is -0.130. The standard InChI is InChI=1S/C18H21N3O2/c1-13(2)21(15-9-10-23-12-15)18(22)8-7-14-11-19-16-5-3-4-6-17(16)20-14/h3-8,11,13,15H,9-10,12H2,1-2H3. The number of carbonyl (C=O) groups is 1. The molecule has 1 fully saturated rings. The Balaban J connectivity index is 1.77. The Labute approximate surface area is 136 Å². The van der Waals surface area contributed by atoms with Crippen LogP contribution in [0.5, 0.6) is 0 Å². The molecule has 1 aliphatic rings. The molecule has 2 heterocycles. The molecule has 5 heteroatoms. The van der Waals surface area contributed by atoms with Crippen LogP contribution in [0.15, 0.2) is 36.5 Å². The first kappa shape index (κ1) is 15.6. The highest BCUT2D eigenvalue weighted by atomic mass is 16.5. The quantitative estimate of drug-likeness (QED) is 0.815. The normalized spacial score (nSPS) is 18.1. The largest absolute Gasteiger partial charge is 0.379 e. The maximum Gasteiger partial charge on any atom is 0.247 e. The Morgan fingerprint density at radius 2 is 2.13 bits per heavy atom. The van der Waals surface area contributed by atoms with Gasteiger partial charge in [-0.15, -0.1) is 0 Å². The summed E-state index contributed by atoms with van der Waals surface area (Å²) < 4.78 is 5.41. The molecule has 1 amide bonds. The molecule has 1 aromatic carbocycles. The minimum absolute atomic E-state index is 0.00883. The van der Waals surface area contributed by atoms with Crippen molar-refractivity contribution in [3.05, 3.63) is 42.2 Å². The van der Waals surface area contributed by atoms with Crippen LogP contribution in [0.3, 0.4) is 0 Å². The van der Waals surface area contributed by atoms with Crippen molar-refractivity contribution >= 4 is 23.0 Å². The van der Waals surface area contributed by atoms with E-state index in [9.17, 15) is 4.79 Å². The van der Waals surface area contributed by atoms with Crippen molar-refractivity contribution in [1.29, 1.82) is 0 Å². The number of para-hydroxylation sites is 2. The molecule has 120 valence electrons. The zero-order chi connectivity index (χ0) is 16.2. The Morgan fingerprint density at radius 3 is 2.83 bits per heavy atom. The molecule has 0 N–H and O–H groups in total. The van der Waals surface area contributed by atoms with Crippen LogP contribution in [0.2, 0.25) is 0 Å². The van der Waals surface area contributed by atoms with E-state index < -0.39 is 0 Å². The van der Waals surface area contributed by atoms with Crippen LogP contribution in [-0.4, -0.2) is 46.1 Å². The van der Waals surface area contributed by atoms with E-state index in [0.29, 0.717) is 12.3 Å². The van der Waals surface area contributed by atoms with Crippen LogP contribution < -0.4 is 0 Å². The molecule has 1 aliphatic heterocycles. The third-order valence-corrected chi connectivity index (χ3v) is 3.97. The van der Waals surface area contributed by atoms with Gasteiger partial charge in [-0.2, -0.15) is 0 Å². The van der Waals surface area contributed by atoms with E-state index in [4.69, 9.17) is 4.74 Å². The maximum atomic E-state index is 12.5. The molecule has 0 saturated carbocycles. The van der Waals surface area contributed by atoms with Gasteiger partial charge in [-0.25, -0.2) is 4.98 Å². The number of fused-ring (bicyclic) bond motifs is 1. The summed E-state index contributed by atoms with van der Waals surface area (Å²) in [5, 5.41) is 0. The lowest BCUT2D eigenvalue weighted by Crippen LogP contribution is -2.44. The predicted octanol–water partition coefficient (Wildman–Crippen LogP) is 2.67. The van der Waals surface area contributed by atoms with Crippen molar-refractivity contribution in [2.24, 2.45) is 0 Å². The highest BCUT2D eigenvalue weighted by Crippen LogP contribution is 2.17. The summed E-state index contributed by atoms with van der Waals surface area (Å²) in [6.07, 6.45) is 5.89. The number of hydrogen-bond donors (Lipinski definition) is 0. The van der Waals surface area contributed by atoms with E-state index in [2.05, 4.69) is 9.97 Å². The molecule has 1 atom stereocenters. The predicted molar refractivity (Wildman–Crippen MR) is 89.8 cm³/mol. The third-order valence-electron chi connectivity index (χ3n) is 3.97. The lowest BCUT2D eigenvalue weighted by Gasteiger charge is -2.30. The molecule has 0 aliphatic carbocycles. The summed E-state index contributed by atoms with van der Waals surface area (Å²) in [6.45, 7) is 5.40. The van der Waals surface area contributed by atoms with Crippen molar-refractivity contribution in [3.63, 3.8) is 0 Å². The van der Waals surface area contributed by atoms with Crippen molar-refractivity contribution in [1.82, 2.24) is 14.9 Å². The van der Waals surface area contributed by atoms with Crippen molar-refractivity contribution in [2.45, 2.75) is 32.4 Å². The number of nitrogens with zero attached hydrogens (tertiary/aromatic N) is 3. The number of ether oxygens (including phenoxy) is 1. The molecule has 0 spiro atoms. The van der Waals surface area contributed by atoms with Gasteiger partial charge in [-0.1, -0.05) is 12.1 Å². The molecular formula is C18H21N3O2. The minimum Gasteiger partial charge on any atom is -0.379 e. The summed E-state index contributed by atoms with van der Waals surface area (Å²) in [4.78, 5) is 23.3. The van der Waals surface area contributed by atoms with Gasteiger partial charge in [0.1, 0.15) is 0 Å². The fraction of sp³-hybridized carbons (Fsp3) is 0.389. The first-order valence-corrected chi connectivity index (χ1v) is 7.95. The molecule has 2 aromatic rings. The smallest absolute Gasteiger partial charge is 0.247 e. The second-order valence-electron chi connectivity index (χ2n) is 5.97. The van der Waals surface area contributed by atoms with Gasteiger partial charge in [0.25, 0.3) is 0 Å². The summed E-state index contributed by atoms with van der Waals surface area (Å²) in [5.74, 6) is -0.00883. The van der Waals surface area contributed by atoms with Crippen LogP contribution in [0.25, 0.3) is 17.1 Å². The van der Waals surface area contributed by atoms with E-state index in [1.807, 2.05) is 43.0 Å². The summed E-state index contributed by atoms with van der Waals surface area (Å²) in [6, 6.07) is 7.99. The average molecular weight is 311 g/mol. The number of aromatic nitrogens is 2. The second-order valence-corrected chi connectivity index (χ2v) is 5.97. The van der Waals surface area contributed by atoms with Gasteiger partial charge >= 0.3 is 0 Å². The number of amides is 1. The molecule has 0 radical (unpaired) electrons. The molecule has 1 unspecified atom stereocenters. The monoisotopic (exact) mass is 311 g/mol. The van der Waals surface area contributed by atoms with Gasteiger partial charge in [0.15, 0.2) is 0 Å². The lowest BCUT2D eigenvalue weighted by atomic mass is 10.1. The maximum absolute atomic E-state index is 12.5. The number of hydrogen-bond acceptors (Lipinski definition) is 4. The number of benzene rings is 1. The highest BCUT2D eigenvalue weighted by Gasteiger charge is 2.28. The Bertz CT molecular complexity index is 721. The summed E-state index contributed by atoms with van der Waals surface area (Å²) >= 11 is 0. The van der Waals surface area contributed by atoms with Crippen LogP contribution in [0.4, 0.5) is 0 Å². The van der Waals surface area contributed by atoms with E-state index in [1.54, 1.807) is 18.3 Å². The fourth-order valence-electron chi connectivity index (χ4n) is 2.89. The number of rotatable bonds is 4. The SMILES string of the molecule is CC(C)N(C(=O)C=Cc1cnc2ccccc2n1)C1CCOC1. The van der Waals surface area contributed by atoms with E-state index in [1.165, 1.54) is 0 Å². The van der Waals surface area contributed by atoms with Gasteiger partial charge in [0.2, 0.25) is 5.91 Å². The molecular weight excluding hydrogens is 290 g/mol. The molecule has 23 heavy (non-hydrogen) atoms. The molecule has 1 saturated heterocycles. The molecule has 0 bridgehead atoms. The van der Waals surface area contributed by atoms with Crippen molar-refractivity contribution in [3.8, 4) is 0 Å². The minimum atomic E-state index is -0.00883. The van der Waals surface area contributed by atoms with Crippen LogP contribution >= 0.6 is 0 Å². The van der Waals surface area contributed by atoms with Gasteiger partial charge in [0, 0.05) is 18.7 Å². The fourth-order valence-corrected chi connectivity index (χ4v) is 2.89. The summed E-state index contributed by atoms with van der Waals surface area (Å²) in [5.41, 5.74) is 2.36. The van der Waals surface area contributed by atoms with Gasteiger partial charge in [0.05, 0.1) is 35.6 Å². The zero-order valence-corrected chi connectivity index (χ0v) is 13.5. The molecule has 3 rings (SSSR count). The van der Waals surface area contributed by atoms with Gasteiger partial charge < -0.3 is 9.64 Å². The van der Waals surface area contributed by atoms with Crippen LogP contribution in [0, 0.1) is 0 Å². The van der Waals surface area contributed by atoms with E-state index >= 15 is 0 Å². The van der Waals surface area contributed by atoms with Crippen LogP contribution in [-0.2, 0) is 9.53 Å².